The SMILES string of the molecule is CC[C@H](C)[C@H](NC(=O)NC(C)CN(CC)CC)C(=O)O. The van der Waals surface area contributed by atoms with Crippen LogP contribution in [0.1, 0.15) is 41.0 Å². The van der Waals surface area contributed by atoms with Gasteiger partial charge in [-0.25, -0.2) is 9.59 Å². The van der Waals surface area contributed by atoms with Gasteiger partial charge in [0.2, 0.25) is 0 Å². The molecule has 1 unspecified atom stereocenters. The molecule has 6 nitrogen and oxygen atoms in total. The molecule has 0 fully saturated rings. The highest BCUT2D eigenvalue weighted by Crippen LogP contribution is 2.07. The van der Waals surface area contributed by atoms with E-state index in [0.717, 1.165) is 19.6 Å². The van der Waals surface area contributed by atoms with Gasteiger partial charge in [0.05, 0.1) is 0 Å². The van der Waals surface area contributed by atoms with Crippen molar-refractivity contribution in [1.29, 1.82) is 0 Å². The zero-order valence-corrected chi connectivity index (χ0v) is 13.3. The average molecular weight is 287 g/mol. The molecule has 20 heavy (non-hydrogen) atoms. The number of carbonyl (C=O) groups is 2. The highest BCUT2D eigenvalue weighted by molar-refractivity contribution is 5.82. The highest BCUT2D eigenvalue weighted by atomic mass is 16.4. The van der Waals surface area contributed by atoms with Gasteiger partial charge in [-0.2, -0.15) is 0 Å². The number of nitrogens with one attached hydrogen (secondary N) is 2. The van der Waals surface area contributed by atoms with E-state index in [1.165, 1.54) is 0 Å². The number of amides is 2. The summed E-state index contributed by atoms with van der Waals surface area (Å²) in [5.74, 6) is -1.10. The van der Waals surface area contributed by atoms with Gasteiger partial charge >= 0.3 is 12.0 Å². The van der Waals surface area contributed by atoms with Crippen LogP contribution in [0.2, 0.25) is 0 Å². The molecule has 0 aliphatic carbocycles. The smallest absolute Gasteiger partial charge is 0.326 e. The summed E-state index contributed by atoms with van der Waals surface area (Å²) in [5.41, 5.74) is 0. The van der Waals surface area contributed by atoms with Crippen molar-refractivity contribution < 1.29 is 14.7 Å². The molecule has 0 spiro atoms. The summed E-state index contributed by atoms with van der Waals surface area (Å²) in [6.45, 7) is 12.4. The molecule has 0 rings (SSSR count). The van der Waals surface area contributed by atoms with E-state index in [0.29, 0.717) is 6.42 Å². The monoisotopic (exact) mass is 287 g/mol. The molecule has 0 radical (unpaired) electrons. The Kier molecular flexibility index (Phi) is 8.96. The van der Waals surface area contributed by atoms with E-state index in [2.05, 4.69) is 29.4 Å². The van der Waals surface area contributed by atoms with Crippen molar-refractivity contribution in [3.63, 3.8) is 0 Å². The summed E-state index contributed by atoms with van der Waals surface area (Å²) in [6.07, 6.45) is 0.701. The second-order valence-corrected chi connectivity index (χ2v) is 5.21. The van der Waals surface area contributed by atoms with Crippen molar-refractivity contribution >= 4 is 12.0 Å². The van der Waals surface area contributed by atoms with Crippen molar-refractivity contribution in [2.45, 2.75) is 53.1 Å². The molecular weight excluding hydrogens is 258 g/mol. The van der Waals surface area contributed by atoms with E-state index in [1.807, 2.05) is 20.8 Å². The number of likely N-dealkylation sites (N-methyl/N-ethyl adjacent to an activating group) is 1. The normalized spacial score (nSPS) is 15.5. The molecule has 3 N–H and O–H groups in total. The lowest BCUT2D eigenvalue weighted by Crippen LogP contribution is -2.52. The fourth-order valence-corrected chi connectivity index (χ4v) is 2.00. The minimum Gasteiger partial charge on any atom is -0.480 e. The lowest BCUT2D eigenvalue weighted by atomic mass is 9.99. The largest absolute Gasteiger partial charge is 0.480 e. The van der Waals surface area contributed by atoms with Gasteiger partial charge in [0.25, 0.3) is 0 Å². The summed E-state index contributed by atoms with van der Waals surface area (Å²) in [7, 11) is 0. The average Bonchev–Trinajstić information content (AvgIpc) is 2.40. The number of carbonyl (C=O) groups excluding carboxylic acids is 1. The number of nitrogens with zero attached hydrogens (tertiary/aromatic N) is 1. The van der Waals surface area contributed by atoms with Crippen LogP contribution < -0.4 is 10.6 Å². The van der Waals surface area contributed by atoms with Crippen molar-refractivity contribution in [3.05, 3.63) is 0 Å². The zero-order valence-electron chi connectivity index (χ0n) is 13.3. The van der Waals surface area contributed by atoms with Crippen LogP contribution in [-0.2, 0) is 4.79 Å². The van der Waals surface area contributed by atoms with Gasteiger partial charge in [-0.3, -0.25) is 0 Å². The lowest BCUT2D eigenvalue weighted by Gasteiger charge is -2.25. The molecule has 0 aromatic heterocycles. The molecule has 0 aromatic rings. The van der Waals surface area contributed by atoms with E-state index in [4.69, 9.17) is 5.11 Å². The Balaban J connectivity index is 4.35. The second-order valence-electron chi connectivity index (χ2n) is 5.21. The van der Waals surface area contributed by atoms with E-state index >= 15 is 0 Å². The number of carboxylic acids is 1. The first kappa shape index (κ1) is 18.7. The number of aliphatic carboxylic acids is 1. The summed E-state index contributed by atoms with van der Waals surface area (Å²) in [5, 5.41) is 14.5. The number of urea groups is 1. The first-order chi connectivity index (χ1) is 9.35. The molecule has 0 heterocycles. The van der Waals surface area contributed by atoms with Gasteiger partial charge in [0, 0.05) is 12.6 Å². The van der Waals surface area contributed by atoms with Gasteiger partial charge in [-0.1, -0.05) is 34.1 Å². The van der Waals surface area contributed by atoms with E-state index in [1.54, 1.807) is 0 Å². The van der Waals surface area contributed by atoms with E-state index in [9.17, 15) is 9.59 Å². The maximum atomic E-state index is 11.8. The minimum absolute atomic E-state index is 0.0266. The topological polar surface area (TPSA) is 81.7 Å². The number of hydrogen-bond donors (Lipinski definition) is 3. The molecule has 0 bridgehead atoms. The van der Waals surface area contributed by atoms with Gasteiger partial charge in [0.1, 0.15) is 6.04 Å². The molecule has 2 amide bonds. The Morgan fingerprint density at radius 2 is 1.65 bits per heavy atom. The van der Waals surface area contributed by atoms with Crippen LogP contribution in [0.4, 0.5) is 4.79 Å². The third-order valence-electron chi connectivity index (χ3n) is 3.57. The van der Waals surface area contributed by atoms with E-state index in [-0.39, 0.29) is 12.0 Å². The number of rotatable bonds is 9. The fourth-order valence-electron chi connectivity index (χ4n) is 2.00. The van der Waals surface area contributed by atoms with Crippen molar-refractivity contribution in [3.8, 4) is 0 Å². The summed E-state index contributed by atoms with van der Waals surface area (Å²) in [4.78, 5) is 25.2. The molecule has 0 aliphatic heterocycles. The first-order valence-corrected chi connectivity index (χ1v) is 7.37. The van der Waals surface area contributed by atoms with Crippen molar-refractivity contribution in [2.75, 3.05) is 19.6 Å². The van der Waals surface area contributed by atoms with Gasteiger partial charge < -0.3 is 20.6 Å². The molecule has 3 atom stereocenters. The zero-order chi connectivity index (χ0) is 15.7. The van der Waals surface area contributed by atoms with Crippen molar-refractivity contribution in [1.82, 2.24) is 15.5 Å². The van der Waals surface area contributed by atoms with Crippen LogP contribution in [0.5, 0.6) is 0 Å². The summed E-state index contributed by atoms with van der Waals surface area (Å²) < 4.78 is 0. The van der Waals surface area contributed by atoms with Crippen LogP contribution in [-0.4, -0.2) is 53.7 Å². The number of carboxylic acid groups (broad SMARTS) is 1. The maximum Gasteiger partial charge on any atom is 0.326 e. The molecule has 0 aliphatic rings. The Hall–Kier alpha value is -1.30. The van der Waals surface area contributed by atoms with Crippen molar-refractivity contribution in [2.24, 2.45) is 5.92 Å². The quantitative estimate of drug-likeness (QED) is 0.600. The van der Waals surface area contributed by atoms with Crippen LogP contribution in [0.15, 0.2) is 0 Å². The van der Waals surface area contributed by atoms with Gasteiger partial charge in [-0.05, 0) is 25.9 Å². The van der Waals surface area contributed by atoms with E-state index < -0.39 is 18.0 Å². The van der Waals surface area contributed by atoms with Crippen LogP contribution in [0.25, 0.3) is 0 Å². The van der Waals surface area contributed by atoms with Crippen LogP contribution >= 0.6 is 0 Å². The fraction of sp³-hybridized carbons (Fsp3) is 0.857. The minimum atomic E-state index is -0.995. The standard InChI is InChI=1S/C14H29N3O3/c1-6-10(4)12(13(18)19)16-14(20)15-11(5)9-17(7-2)8-3/h10-12H,6-9H2,1-5H3,(H,18,19)(H2,15,16,20)/t10-,11?,12-/m0/s1. The highest BCUT2D eigenvalue weighted by Gasteiger charge is 2.25. The van der Waals surface area contributed by atoms with Crippen LogP contribution in [0.3, 0.4) is 0 Å². The van der Waals surface area contributed by atoms with Gasteiger partial charge in [-0.15, -0.1) is 0 Å². The predicted molar refractivity (Wildman–Crippen MR) is 79.8 cm³/mol. The number of hydrogen-bond acceptors (Lipinski definition) is 3. The lowest BCUT2D eigenvalue weighted by molar-refractivity contribution is -0.140. The molecule has 0 saturated heterocycles. The Bertz CT molecular complexity index is 306. The molecule has 0 saturated carbocycles. The summed E-state index contributed by atoms with van der Waals surface area (Å²) in [6, 6.07) is -1.29. The molecule has 6 heteroatoms. The second kappa shape index (κ2) is 9.58. The summed E-state index contributed by atoms with van der Waals surface area (Å²) >= 11 is 0. The maximum absolute atomic E-state index is 11.8. The Morgan fingerprint density at radius 3 is 2.05 bits per heavy atom. The molecular formula is C14H29N3O3. The van der Waals surface area contributed by atoms with Crippen LogP contribution in [0, 0.1) is 5.92 Å². The predicted octanol–water partition coefficient (Wildman–Crippen LogP) is 1.52. The molecule has 0 aromatic carbocycles. The third kappa shape index (κ3) is 6.75. The molecule has 118 valence electrons. The Morgan fingerprint density at radius 1 is 1.10 bits per heavy atom. The van der Waals surface area contributed by atoms with Gasteiger partial charge in [0.15, 0.2) is 0 Å². The first-order valence-electron chi connectivity index (χ1n) is 7.37. The third-order valence-corrected chi connectivity index (χ3v) is 3.57. The Labute approximate surface area is 121 Å².